The zero-order chi connectivity index (χ0) is 17.2. The average molecular weight is 325 g/mol. The minimum Gasteiger partial charge on any atom is -0.497 e. The third-order valence-electron chi connectivity index (χ3n) is 4.56. The van der Waals surface area contributed by atoms with Gasteiger partial charge in [-0.15, -0.1) is 0 Å². The highest BCUT2D eigenvalue weighted by Gasteiger charge is 2.38. The molecule has 2 aromatic carbocycles. The van der Waals surface area contributed by atoms with Gasteiger partial charge in [-0.3, -0.25) is 4.79 Å². The van der Waals surface area contributed by atoms with Crippen LogP contribution in [0.3, 0.4) is 0 Å². The van der Waals surface area contributed by atoms with Gasteiger partial charge >= 0.3 is 0 Å². The minimum absolute atomic E-state index is 0.0783. The number of ether oxygens (including phenoxy) is 1. The van der Waals surface area contributed by atoms with Crippen LogP contribution in [0, 0.1) is 0 Å². The van der Waals surface area contributed by atoms with Crippen LogP contribution in [0.25, 0.3) is 5.57 Å². The van der Waals surface area contributed by atoms with Gasteiger partial charge in [-0.25, -0.2) is 4.39 Å². The average Bonchev–Trinajstić information content (AvgIpc) is 2.63. The Morgan fingerprint density at radius 2 is 1.96 bits per heavy atom. The number of hydrogen-bond donors (Lipinski definition) is 1. The van der Waals surface area contributed by atoms with Crippen LogP contribution in [0.5, 0.6) is 5.75 Å². The lowest BCUT2D eigenvalue weighted by Gasteiger charge is -2.33. The summed E-state index contributed by atoms with van der Waals surface area (Å²) >= 11 is 0. The van der Waals surface area contributed by atoms with Gasteiger partial charge in [0.25, 0.3) is 5.91 Å². The zero-order valence-electron chi connectivity index (χ0n) is 13.6. The van der Waals surface area contributed by atoms with E-state index >= 15 is 4.39 Å². The van der Waals surface area contributed by atoms with Crippen molar-refractivity contribution in [1.82, 2.24) is 5.32 Å². The Balaban J connectivity index is 1.69. The molecule has 1 N–H and O–H groups in total. The molecule has 1 aliphatic rings. The van der Waals surface area contributed by atoms with Gasteiger partial charge in [-0.2, -0.15) is 0 Å². The Morgan fingerprint density at radius 3 is 2.67 bits per heavy atom. The molecule has 1 aliphatic carbocycles. The first-order chi connectivity index (χ1) is 11.5. The molecule has 2 aromatic rings. The van der Waals surface area contributed by atoms with E-state index in [-0.39, 0.29) is 12.5 Å². The third-order valence-corrected chi connectivity index (χ3v) is 4.56. The molecule has 124 valence electrons. The fraction of sp³-hybridized carbons (Fsp3) is 0.250. The number of benzene rings is 2. The van der Waals surface area contributed by atoms with E-state index < -0.39 is 5.67 Å². The highest BCUT2D eigenvalue weighted by atomic mass is 19.1. The number of carbonyl (C=O) groups is 1. The van der Waals surface area contributed by atoms with Crippen LogP contribution >= 0.6 is 0 Å². The van der Waals surface area contributed by atoms with E-state index in [2.05, 4.69) is 11.9 Å². The van der Waals surface area contributed by atoms with Crippen LogP contribution in [0.1, 0.15) is 27.9 Å². The largest absolute Gasteiger partial charge is 0.497 e. The predicted octanol–water partition coefficient (Wildman–Crippen LogP) is 3.79. The zero-order valence-corrected chi connectivity index (χ0v) is 13.6. The van der Waals surface area contributed by atoms with Crippen molar-refractivity contribution in [3.05, 3.63) is 71.8 Å². The number of fused-ring (bicyclic) bond motifs is 1. The Morgan fingerprint density at radius 1 is 1.25 bits per heavy atom. The monoisotopic (exact) mass is 325 g/mol. The standard InChI is InChI=1S/C20H20FNO2/c1-14-18-6-4-3-5-15(18)11-12-20(14,21)13-22-19(23)16-7-9-17(24-2)10-8-16/h3-10H,1,11-13H2,2H3,(H,22,23)/t20-/m1/s1. The second kappa shape index (κ2) is 6.48. The molecular weight excluding hydrogens is 305 g/mol. The SMILES string of the molecule is C=C1c2ccccc2CC[C@@]1(F)CNC(=O)c1ccc(OC)cc1. The number of nitrogens with one attached hydrogen (secondary N) is 1. The lowest BCUT2D eigenvalue weighted by Crippen LogP contribution is -2.42. The van der Waals surface area contributed by atoms with Crippen LogP contribution < -0.4 is 10.1 Å². The van der Waals surface area contributed by atoms with Crippen molar-refractivity contribution < 1.29 is 13.9 Å². The molecule has 1 atom stereocenters. The normalized spacial score (nSPS) is 19.5. The Kier molecular flexibility index (Phi) is 4.38. The molecule has 0 heterocycles. The molecule has 0 saturated heterocycles. The minimum atomic E-state index is -1.61. The van der Waals surface area contributed by atoms with Crippen molar-refractivity contribution in [2.75, 3.05) is 13.7 Å². The summed E-state index contributed by atoms with van der Waals surface area (Å²) in [7, 11) is 1.56. The second-order valence-corrected chi connectivity index (χ2v) is 6.01. The summed E-state index contributed by atoms with van der Waals surface area (Å²) in [6.45, 7) is 3.86. The lowest BCUT2D eigenvalue weighted by molar-refractivity contribution is 0.0924. The van der Waals surface area contributed by atoms with E-state index in [9.17, 15) is 4.79 Å². The lowest BCUT2D eigenvalue weighted by atomic mass is 9.78. The van der Waals surface area contributed by atoms with E-state index in [1.54, 1.807) is 31.4 Å². The Labute approximate surface area is 141 Å². The molecule has 0 fully saturated rings. The second-order valence-electron chi connectivity index (χ2n) is 6.01. The Bertz CT molecular complexity index is 769. The summed E-state index contributed by atoms with van der Waals surface area (Å²) in [6.07, 6.45) is 0.968. The van der Waals surface area contributed by atoms with Crippen LogP contribution in [-0.2, 0) is 6.42 Å². The fourth-order valence-electron chi connectivity index (χ4n) is 3.02. The first-order valence-electron chi connectivity index (χ1n) is 7.92. The molecule has 3 rings (SSSR count). The summed E-state index contributed by atoms with van der Waals surface area (Å²) in [6, 6.07) is 14.4. The van der Waals surface area contributed by atoms with Gasteiger partial charge in [0, 0.05) is 5.56 Å². The van der Waals surface area contributed by atoms with E-state index in [4.69, 9.17) is 4.74 Å². The van der Waals surface area contributed by atoms with Crippen molar-refractivity contribution in [3.63, 3.8) is 0 Å². The van der Waals surface area contributed by atoms with Gasteiger partial charge in [0.05, 0.1) is 13.7 Å². The maximum Gasteiger partial charge on any atom is 0.251 e. The molecule has 0 unspecified atom stereocenters. The summed E-state index contributed by atoms with van der Waals surface area (Å²) in [5.74, 6) is 0.368. The first-order valence-corrected chi connectivity index (χ1v) is 7.92. The van der Waals surface area contributed by atoms with Crippen molar-refractivity contribution in [1.29, 1.82) is 0 Å². The van der Waals surface area contributed by atoms with Gasteiger partial charge in [-0.05, 0) is 53.8 Å². The summed E-state index contributed by atoms with van der Waals surface area (Å²) in [4.78, 5) is 12.2. The molecule has 0 radical (unpaired) electrons. The number of hydrogen-bond acceptors (Lipinski definition) is 2. The van der Waals surface area contributed by atoms with Crippen molar-refractivity contribution in [3.8, 4) is 5.75 Å². The quantitative estimate of drug-likeness (QED) is 0.929. The van der Waals surface area contributed by atoms with Gasteiger partial charge in [0.2, 0.25) is 0 Å². The molecule has 3 nitrogen and oxygen atoms in total. The molecule has 0 aromatic heterocycles. The van der Waals surface area contributed by atoms with Gasteiger partial charge in [0.1, 0.15) is 5.75 Å². The van der Waals surface area contributed by atoms with Gasteiger partial charge in [-0.1, -0.05) is 30.8 Å². The number of rotatable bonds is 4. The number of amides is 1. The molecule has 1 amide bonds. The fourth-order valence-corrected chi connectivity index (χ4v) is 3.02. The van der Waals surface area contributed by atoms with Crippen molar-refractivity contribution in [2.24, 2.45) is 0 Å². The predicted molar refractivity (Wildman–Crippen MR) is 93.0 cm³/mol. The third kappa shape index (κ3) is 3.04. The smallest absolute Gasteiger partial charge is 0.251 e. The van der Waals surface area contributed by atoms with E-state index in [1.807, 2.05) is 24.3 Å². The number of alkyl halides is 1. The molecule has 4 heteroatoms. The van der Waals surface area contributed by atoms with Crippen LogP contribution in [0.2, 0.25) is 0 Å². The number of carbonyl (C=O) groups excluding carboxylic acids is 1. The Hall–Kier alpha value is -2.62. The van der Waals surface area contributed by atoms with Crippen LogP contribution in [0.4, 0.5) is 4.39 Å². The highest BCUT2D eigenvalue weighted by molar-refractivity contribution is 5.94. The van der Waals surface area contributed by atoms with Crippen LogP contribution in [-0.4, -0.2) is 25.2 Å². The van der Waals surface area contributed by atoms with Gasteiger partial charge in [0.15, 0.2) is 5.67 Å². The highest BCUT2D eigenvalue weighted by Crippen LogP contribution is 2.39. The maximum atomic E-state index is 15.3. The number of aryl methyl sites for hydroxylation is 1. The molecule has 0 aliphatic heterocycles. The van der Waals surface area contributed by atoms with Gasteiger partial charge < -0.3 is 10.1 Å². The maximum absolute atomic E-state index is 15.3. The summed E-state index contributed by atoms with van der Waals surface area (Å²) < 4.78 is 20.4. The molecule has 0 bridgehead atoms. The summed E-state index contributed by atoms with van der Waals surface area (Å²) in [5, 5.41) is 2.69. The molecule has 0 spiro atoms. The molecule has 0 saturated carbocycles. The molecular formula is C20H20FNO2. The topological polar surface area (TPSA) is 38.3 Å². The summed E-state index contributed by atoms with van der Waals surface area (Å²) in [5.41, 5.74) is 1.26. The number of methoxy groups -OCH3 is 1. The van der Waals surface area contributed by atoms with Crippen LogP contribution in [0.15, 0.2) is 55.1 Å². The van der Waals surface area contributed by atoms with Crippen molar-refractivity contribution >= 4 is 11.5 Å². The first kappa shape index (κ1) is 16.2. The van der Waals surface area contributed by atoms with E-state index in [1.165, 1.54) is 0 Å². The van der Waals surface area contributed by atoms with E-state index in [0.717, 1.165) is 11.1 Å². The van der Waals surface area contributed by atoms with Crippen molar-refractivity contribution in [2.45, 2.75) is 18.5 Å². The molecule has 24 heavy (non-hydrogen) atoms. The van der Waals surface area contributed by atoms with E-state index in [0.29, 0.717) is 29.7 Å². The number of halogens is 1.